The lowest BCUT2D eigenvalue weighted by Gasteiger charge is -2.06. The number of aryl methyl sites for hydroxylation is 1. The van der Waals surface area contributed by atoms with E-state index in [1.165, 1.54) is 18.4 Å². The highest BCUT2D eigenvalue weighted by molar-refractivity contribution is 7.93. The van der Waals surface area contributed by atoms with Gasteiger partial charge in [0, 0.05) is 6.26 Å². The first-order valence-electron chi connectivity index (χ1n) is 7.47. The molecule has 0 fully saturated rings. The van der Waals surface area contributed by atoms with Crippen LogP contribution in [0.2, 0.25) is 0 Å². The van der Waals surface area contributed by atoms with Gasteiger partial charge < -0.3 is 9.73 Å². The summed E-state index contributed by atoms with van der Waals surface area (Å²) in [5.41, 5.74) is 0.912. The molecule has 138 valence electrons. The Morgan fingerprint density at radius 2 is 1.81 bits per heavy atom. The Bertz CT molecular complexity index is 1110. The Morgan fingerprint density at radius 3 is 2.38 bits per heavy atom. The molecule has 1 aromatic carbocycles. The molecule has 1 N–H and O–H groups in total. The molecule has 2 heterocycles. The number of nitrogens with zero attached hydrogens (tertiary/aromatic N) is 1. The maximum atomic E-state index is 13.0. The monoisotopic (exact) mass is 412 g/mol. The molecule has 0 spiro atoms. The van der Waals surface area contributed by atoms with Crippen LogP contribution in [0.25, 0.3) is 0 Å². The Labute approximate surface area is 155 Å². The zero-order chi connectivity index (χ0) is 18.9. The van der Waals surface area contributed by atoms with E-state index in [2.05, 4.69) is 10.3 Å². The highest BCUT2D eigenvalue weighted by Gasteiger charge is 2.29. The van der Waals surface area contributed by atoms with Crippen LogP contribution < -0.4 is 5.32 Å². The summed E-state index contributed by atoms with van der Waals surface area (Å²) in [6.45, 7) is 2.05. The second kappa shape index (κ2) is 6.86. The Hall–Kier alpha value is -2.17. The molecule has 0 unspecified atom stereocenters. The minimum atomic E-state index is -3.98. The minimum absolute atomic E-state index is 0.0505. The molecule has 0 aliphatic heterocycles. The standard InChI is InChI=1S/C16H16N2O5S3/c1-11-5-7-13(8-6-11)26(21,22)15-14(17-10-12-4-3-9-23-12)24-16(18-15)25(2,19)20/h3-9,17H,10H2,1-2H3. The highest BCUT2D eigenvalue weighted by atomic mass is 32.2. The van der Waals surface area contributed by atoms with Crippen molar-refractivity contribution in [3.05, 3.63) is 54.0 Å². The number of sulfone groups is 2. The number of benzene rings is 1. The second-order valence-electron chi connectivity index (χ2n) is 5.64. The van der Waals surface area contributed by atoms with Crippen molar-refractivity contribution in [1.82, 2.24) is 4.98 Å². The molecule has 2 aromatic heterocycles. The third kappa shape index (κ3) is 3.81. The molecule has 0 saturated heterocycles. The third-order valence-corrected chi connectivity index (χ3v) is 8.00. The second-order valence-corrected chi connectivity index (χ2v) is 10.7. The fraction of sp³-hybridized carbons (Fsp3) is 0.188. The Kier molecular flexibility index (Phi) is 4.91. The minimum Gasteiger partial charge on any atom is -0.467 e. The van der Waals surface area contributed by atoms with Crippen molar-refractivity contribution >= 4 is 36.0 Å². The van der Waals surface area contributed by atoms with Crippen LogP contribution >= 0.6 is 11.3 Å². The first kappa shape index (κ1) is 18.6. The van der Waals surface area contributed by atoms with E-state index < -0.39 is 19.7 Å². The number of rotatable bonds is 6. The Morgan fingerprint density at radius 1 is 1.12 bits per heavy atom. The molecule has 0 radical (unpaired) electrons. The van der Waals surface area contributed by atoms with Gasteiger partial charge in [-0.25, -0.2) is 21.8 Å². The van der Waals surface area contributed by atoms with Gasteiger partial charge in [-0.3, -0.25) is 0 Å². The van der Waals surface area contributed by atoms with Crippen molar-refractivity contribution in [3.63, 3.8) is 0 Å². The summed E-state index contributed by atoms with van der Waals surface area (Å²) in [6, 6.07) is 9.72. The van der Waals surface area contributed by atoms with E-state index in [-0.39, 0.29) is 25.8 Å². The largest absolute Gasteiger partial charge is 0.467 e. The molecular formula is C16H16N2O5S3. The normalized spacial score (nSPS) is 12.2. The molecule has 0 atom stereocenters. The lowest BCUT2D eigenvalue weighted by atomic mass is 10.2. The summed E-state index contributed by atoms with van der Waals surface area (Å²) < 4.78 is 54.5. The Balaban J connectivity index is 2.06. The molecule has 0 aliphatic rings. The van der Waals surface area contributed by atoms with E-state index in [4.69, 9.17) is 4.42 Å². The lowest BCUT2D eigenvalue weighted by molar-refractivity contribution is 0.518. The van der Waals surface area contributed by atoms with Crippen molar-refractivity contribution in [2.75, 3.05) is 11.6 Å². The maximum Gasteiger partial charge on any atom is 0.226 e. The topological polar surface area (TPSA) is 106 Å². The van der Waals surface area contributed by atoms with Crippen LogP contribution in [0.3, 0.4) is 0 Å². The van der Waals surface area contributed by atoms with Crippen molar-refractivity contribution in [1.29, 1.82) is 0 Å². The number of hydrogen-bond acceptors (Lipinski definition) is 8. The van der Waals surface area contributed by atoms with E-state index in [1.807, 2.05) is 6.92 Å². The molecule has 0 bridgehead atoms. The van der Waals surface area contributed by atoms with E-state index >= 15 is 0 Å². The molecule has 7 nitrogen and oxygen atoms in total. The summed E-state index contributed by atoms with van der Waals surface area (Å²) in [6.07, 6.45) is 2.49. The number of anilines is 1. The number of aromatic nitrogens is 1. The van der Waals surface area contributed by atoms with E-state index in [0.29, 0.717) is 5.76 Å². The fourth-order valence-electron chi connectivity index (χ4n) is 2.15. The number of furan rings is 1. The van der Waals surface area contributed by atoms with E-state index in [1.54, 1.807) is 24.3 Å². The summed E-state index contributed by atoms with van der Waals surface area (Å²) in [7, 11) is -7.62. The highest BCUT2D eigenvalue weighted by Crippen LogP contribution is 2.34. The van der Waals surface area contributed by atoms with Gasteiger partial charge in [-0.1, -0.05) is 29.0 Å². The van der Waals surface area contributed by atoms with E-state index in [9.17, 15) is 16.8 Å². The predicted molar refractivity (Wildman–Crippen MR) is 97.9 cm³/mol. The van der Waals surface area contributed by atoms with Crippen LogP contribution in [0, 0.1) is 6.92 Å². The van der Waals surface area contributed by atoms with Gasteiger partial charge in [0.25, 0.3) is 0 Å². The molecule has 0 saturated carbocycles. The lowest BCUT2D eigenvalue weighted by Crippen LogP contribution is -2.07. The van der Waals surface area contributed by atoms with Crippen LogP contribution in [0.4, 0.5) is 5.00 Å². The van der Waals surface area contributed by atoms with Crippen molar-refractivity contribution in [2.24, 2.45) is 0 Å². The van der Waals surface area contributed by atoms with Crippen LogP contribution in [0.1, 0.15) is 11.3 Å². The van der Waals surface area contributed by atoms with Crippen LogP contribution in [-0.4, -0.2) is 28.1 Å². The molecule has 3 aromatic rings. The number of nitrogens with one attached hydrogen (secondary N) is 1. The predicted octanol–water partition coefficient (Wildman–Crippen LogP) is 2.89. The molecule has 3 rings (SSSR count). The van der Waals surface area contributed by atoms with Gasteiger partial charge >= 0.3 is 0 Å². The van der Waals surface area contributed by atoms with Crippen molar-refractivity contribution in [3.8, 4) is 0 Å². The molecule has 10 heteroatoms. The summed E-state index contributed by atoms with van der Waals surface area (Å²) in [5.74, 6) is 0.581. The SMILES string of the molecule is Cc1ccc(S(=O)(=O)c2nc(S(C)(=O)=O)sc2NCc2ccco2)cc1. The molecule has 26 heavy (non-hydrogen) atoms. The van der Waals surface area contributed by atoms with Gasteiger partial charge in [0.2, 0.25) is 24.0 Å². The quantitative estimate of drug-likeness (QED) is 0.663. The molecule has 0 aliphatic carbocycles. The van der Waals surface area contributed by atoms with Gasteiger partial charge in [-0.2, -0.15) is 0 Å². The summed E-state index contributed by atoms with van der Waals surface area (Å²) >= 11 is 0.782. The zero-order valence-corrected chi connectivity index (χ0v) is 16.4. The van der Waals surface area contributed by atoms with Crippen molar-refractivity contribution < 1.29 is 21.3 Å². The van der Waals surface area contributed by atoms with E-state index in [0.717, 1.165) is 23.2 Å². The summed E-state index contributed by atoms with van der Waals surface area (Å²) in [5, 5.41) is 2.76. The fourth-order valence-corrected chi connectivity index (χ4v) is 5.67. The number of thiazole rings is 1. The maximum absolute atomic E-state index is 13.0. The van der Waals surface area contributed by atoms with Gasteiger partial charge in [-0.15, -0.1) is 0 Å². The average molecular weight is 413 g/mol. The van der Waals surface area contributed by atoms with Crippen LogP contribution in [0.5, 0.6) is 0 Å². The zero-order valence-electron chi connectivity index (χ0n) is 14.0. The van der Waals surface area contributed by atoms with Crippen LogP contribution in [-0.2, 0) is 26.2 Å². The third-order valence-electron chi connectivity index (χ3n) is 3.48. The van der Waals surface area contributed by atoms with Crippen molar-refractivity contribution in [2.45, 2.75) is 27.7 Å². The first-order valence-corrected chi connectivity index (χ1v) is 11.7. The molecular weight excluding hydrogens is 396 g/mol. The van der Waals surface area contributed by atoms with Gasteiger partial charge in [0.1, 0.15) is 10.8 Å². The smallest absolute Gasteiger partial charge is 0.226 e. The van der Waals surface area contributed by atoms with Gasteiger partial charge in [0.15, 0.2) is 5.03 Å². The van der Waals surface area contributed by atoms with Crippen LogP contribution in [0.15, 0.2) is 61.3 Å². The molecule has 0 amide bonds. The first-order chi connectivity index (χ1) is 12.2. The average Bonchev–Trinajstić information content (AvgIpc) is 3.22. The number of hydrogen-bond donors (Lipinski definition) is 1. The van der Waals surface area contributed by atoms with Gasteiger partial charge in [0.05, 0.1) is 17.7 Å². The van der Waals surface area contributed by atoms with Gasteiger partial charge in [-0.05, 0) is 31.2 Å². The summed E-state index contributed by atoms with van der Waals surface area (Å²) in [4.78, 5) is 3.95.